The van der Waals surface area contributed by atoms with Crippen molar-refractivity contribution in [3.05, 3.63) is 65.7 Å². The molecule has 1 aliphatic rings. The highest BCUT2D eigenvalue weighted by atomic mass is 16.3. The summed E-state index contributed by atoms with van der Waals surface area (Å²) in [4.78, 5) is 29.3. The van der Waals surface area contributed by atoms with Crippen LogP contribution in [0.3, 0.4) is 0 Å². The van der Waals surface area contributed by atoms with E-state index < -0.39 is 6.04 Å². The third-order valence-electron chi connectivity index (χ3n) is 6.00. The summed E-state index contributed by atoms with van der Waals surface area (Å²) in [6.07, 6.45) is 5.38. The van der Waals surface area contributed by atoms with Gasteiger partial charge in [0.25, 0.3) is 0 Å². The van der Waals surface area contributed by atoms with E-state index in [1.807, 2.05) is 59.5 Å². The predicted molar refractivity (Wildman–Crippen MR) is 127 cm³/mol. The lowest BCUT2D eigenvalue weighted by Crippen LogP contribution is -2.40. The van der Waals surface area contributed by atoms with E-state index in [0.29, 0.717) is 6.54 Å². The molecule has 0 unspecified atom stereocenters. The third kappa shape index (κ3) is 6.90. The number of nitrogens with zero attached hydrogens (tertiary/aromatic N) is 2. The van der Waals surface area contributed by atoms with Gasteiger partial charge < -0.3 is 15.3 Å². The van der Waals surface area contributed by atoms with E-state index in [1.165, 1.54) is 0 Å². The molecule has 172 valence electrons. The van der Waals surface area contributed by atoms with Crippen LogP contribution in [0.1, 0.15) is 56.2 Å². The molecule has 1 atom stereocenters. The van der Waals surface area contributed by atoms with Gasteiger partial charge in [-0.15, -0.1) is 0 Å². The Bertz CT molecular complexity index is 872. The molecule has 0 saturated heterocycles. The highest BCUT2D eigenvalue weighted by Crippen LogP contribution is 2.24. The van der Waals surface area contributed by atoms with E-state index in [-0.39, 0.29) is 25.0 Å². The van der Waals surface area contributed by atoms with Crippen molar-refractivity contribution in [2.24, 2.45) is 0 Å². The Labute approximate surface area is 191 Å². The minimum Gasteiger partial charge on any atom is -0.394 e. The van der Waals surface area contributed by atoms with E-state index in [0.717, 1.165) is 62.0 Å². The first kappa shape index (κ1) is 24.0. The maximum absolute atomic E-state index is 12.9. The zero-order valence-corrected chi connectivity index (χ0v) is 19.0. The predicted octanol–water partition coefficient (Wildman–Crippen LogP) is 3.66. The molecule has 2 aromatic rings. The van der Waals surface area contributed by atoms with E-state index in [4.69, 9.17) is 0 Å². The van der Waals surface area contributed by atoms with Gasteiger partial charge in [0.1, 0.15) is 0 Å². The van der Waals surface area contributed by atoms with E-state index in [1.54, 1.807) is 6.92 Å². The molecule has 32 heavy (non-hydrogen) atoms. The van der Waals surface area contributed by atoms with Crippen LogP contribution in [0.4, 0.5) is 5.69 Å². The number of rotatable bonds is 5. The number of amides is 2. The molecule has 2 amide bonds. The third-order valence-corrected chi connectivity index (χ3v) is 6.00. The van der Waals surface area contributed by atoms with Crippen LogP contribution in [0.2, 0.25) is 0 Å². The second kappa shape index (κ2) is 12.4. The van der Waals surface area contributed by atoms with Gasteiger partial charge >= 0.3 is 0 Å². The van der Waals surface area contributed by atoms with Crippen molar-refractivity contribution in [3.63, 3.8) is 0 Å². The second-order valence-corrected chi connectivity index (χ2v) is 8.49. The van der Waals surface area contributed by atoms with Crippen molar-refractivity contribution in [1.82, 2.24) is 10.2 Å². The van der Waals surface area contributed by atoms with Crippen LogP contribution in [-0.4, -0.2) is 48.1 Å². The van der Waals surface area contributed by atoms with Crippen LogP contribution in [-0.2, 0) is 16.1 Å². The quantitative estimate of drug-likeness (QED) is 0.749. The molecule has 0 aliphatic carbocycles. The number of nitrogens with one attached hydrogen (secondary N) is 1. The molecule has 0 fully saturated rings. The Hall–Kier alpha value is -2.70. The number of carbonyl (C=O) groups is 2. The molecule has 1 aliphatic heterocycles. The number of aliphatic hydroxyl groups is 1. The van der Waals surface area contributed by atoms with E-state index >= 15 is 0 Å². The number of hydrogen-bond acceptors (Lipinski definition) is 4. The minimum absolute atomic E-state index is 0.0486. The minimum atomic E-state index is -0.420. The summed E-state index contributed by atoms with van der Waals surface area (Å²) in [5.74, 6) is -0.0617. The Morgan fingerprint density at radius 1 is 0.938 bits per heavy atom. The highest BCUT2D eigenvalue weighted by molar-refractivity contribution is 5.92. The van der Waals surface area contributed by atoms with E-state index in [2.05, 4.69) is 10.2 Å². The van der Waals surface area contributed by atoms with Crippen LogP contribution in [0.25, 0.3) is 0 Å². The fourth-order valence-electron chi connectivity index (χ4n) is 4.31. The highest BCUT2D eigenvalue weighted by Gasteiger charge is 2.20. The first-order valence-corrected chi connectivity index (χ1v) is 11.6. The number of carbonyl (C=O) groups excluding carboxylic acids is 2. The summed E-state index contributed by atoms with van der Waals surface area (Å²) in [5, 5.41) is 12.8. The van der Waals surface area contributed by atoms with Crippen LogP contribution < -0.4 is 10.2 Å². The molecule has 0 spiro atoms. The maximum Gasteiger partial charge on any atom is 0.234 e. The van der Waals surface area contributed by atoms with Gasteiger partial charge in [-0.05, 0) is 36.6 Å². The van der Waals surface area contributed by atoms with Crippen molar-refractivity contribution < 1.29 is 14.7 Å². The van der Waals surface area contributed by atoms with Gasteiger partial charge in [0.15, 0.2) is 0 Å². The lowest BCUT2D eigenvalue weighted by molar-refractivity contribution is -0.123. The lowest BCUT2D eigenvalue weighted by atomic mass is 10.1. The van der Waals surface area contributed by atoms with Gasteiger partial charge in [-0.2, -0.15) is 0 Å². The van der Waals surface area contributed by atoms with Crippen LogP contribution in [0, 0.1) is 0 Å². The Balaban J connectivity index is 1.75. The van der Waals surface area contributed by atoms with Crippen molar-refractivity contribution in [2.45, 2.75) is 51.6 Å². The summed E-state index contributed by atoms with van der Waals surface area (Å²) in [6, 6.07) is 17.1. The normalized spacial score (nSPS) is 16.9. The molecular formula is C26H35N3O3. The van der Waals surface area contributed by atoms with Gasteiger partial charge in [-0.3, -0.25) is 14.5 Å². The van der Waals surface area contributed by atoms with Crippen molar-refractivity contribution in [1.29, 1.82) is 0 Å². The standard InChI is InChI=1S/C26H35N3O3/c1-21(31)29-17-11-4-2-3-10-16-28(18-23-14-8-9-15-25(23)29)19-26(32)27-24(20-30)22-12-6-5-7-13-22/h5-9,12-15,24,30H,2-4,10-11,16-20H2,1H3,(H,27,32)/t24-/m1/s1. The molecular weight excluding hydrogens is 402 g/mol. The van der Waals surface area contributed by atoms with Gasteiger partial charge in [0.2, 0.25) is 11.8 Å². The van der Waals surface area contributed by atoms with Crippen LogP contribution >= 0.6 is 0 Å². The number of aliphatic hydroxyl groups excluding tert-OH is 1. The summed E-state index contributed by atoms with van der Waals surface area (Å²) in [5.41, 5.74) is 2.88. The second-order valence-electron chi connectivity index (χ2n) is 8.49. The monoisotopic (exact) mass is 437 g/mol. The fraction of sp³-hybridized carbons (Fsp3) is 0.462. The fourth-order valence-corrected chi connectivity index (χ4v) is 4.31. The largest absolute Gasteiger partial charge is 0.394 e. The molecule has 2 N–H and O–H groups in total. The molecule has 0 aromatic heterocycles. The van der Waals surface area contributed by atoms with Crippen molar-refractivity contribution in [2.75, 3.05) is 31.1 Å². The molecule has 2 aromatic carbocycles. The SMILES string of the molecule is CC(=O)N1CCCCCCCN(CC(=O)N[C@H](CO)c2ccccc2)Cc2ccccc21. The molecule has 6 nitrogen and oxygen atoms in total. The van der Waals surface area contributed by atoms with Crippen molar-refractivity contribution in [3.8, 4) is 0 Å². The molecule has 0 bridgehead atoms. The number of benzene rings is 2. The van der Waals surface area contributed by atoms with Gasteiger partial charge in [0, 0.05) is 25.7 Å². The number of fused-ring (bicyclic) bond motifs is 1. The Kier molecular flexibility index (Phi) is 9.26. The molecule has 6 heteroatoms. The van der Waals surface area contributed by atoms with Gasteiger partial charge in [-0.1, -0.05) is 67.8 Å². The number of para-hydroxylation sites is 1. The van der Waals surface area contributed by atoms with E-state index in [9.17, 15) is 14.7 Å². The first-order chi connectivity index (χ1) is 15.6. The maximum atomic E-state index is 12.9. The van der Waals surface area contributed by atoms with Gasteiger partial charge in [0.05, 0.1) is 19.2 Å². The van der Waals surface area contributed by atoms with Gasteiger partial charge in [-0.25, -0.2) is 0 Å². The van der Waals surface area contributed by atoms with Crippen molar-refractivity contribution >= 4 is 17.5 Å². The summed E-state index contributed by atoms with van der Waals surface area (Å²) < 4.78 is 0. The Morgan fingerprint density at radius 2 is 1.59 bits per heavy atom. The summed E-state index contributed by atoms with van der Waals surface area (Å²) in [7, 11) is 0. The Morgan fingerprint density at radius 3 is 2.31 bits per heavy atom. The topological polar surface area (TPSA) is 72.9 Å². The molecule has 0 saturated carbocycles. The number of anilines is 1. The van der Waals surface area contributed by atoms with Crippen LogP contribution in [0.15, 0.2) is 54.6 Å². The number of hydrogen-bond donors (Lipinski definition) is 2. The van der Waals surface area contributed by atoms with Crippen LogP contribution in [0.5, 0.6) is 0 Å². The molecule has 1 heterocycles. The first-order valence-electron chi connectivity index (χ1n) is 11.6. The smallest absolute Gasteiger partial charge is 0.234 e. The molecule has 3 rings (SSSR count). The molecule has 0 radical (unpaired) electrons. The lowest BCUT2D eigenvalue weighted by Gasteiger charge is -2.29. The summed E-state index contributed by atoms with van der Waals surface area (Å²) in [6.45, 7) is 3.86. The zero-order chi connectivity index (χ0) is 22.8. The average Bonchev–Trinajstić information content (AvgIpc) is 2.79. The zero-order valence-electron chi connectivity index (χ0n) is 19.0. The average molecular weight is 438 g/mol. The summed E-state index contributed by atoms with van der Waals surface area (Å²) >= 11 is 0.